The van der Waals surface area contributed by atoms with Crippen molar-refractivity contribution in [3.05, 3.63) is 71.3 Å². The van der Waals surface area contributed by atoms with Crippen molar-refractivity contribution in [1.29, 1.82) is 0 Å². The first-order chi connectivity index (χ1) is 11.4. The van der Waals surface area contributed by atoms with Crippen molar-refractivity contribution in [2.75, 3.05) is 7.05 Å². The second-order valence-electron chi connectivity index (χ2n) is 5.59. The monoisotopic (exact) mass is 332 g/mol. The number of hydrogen-bond acceptors (Lipinski definition) is 2. The molecule has 1 atom stereocenters. The van der Waals surface area contributed by atoms with Gasteiger partial charge in [0, 0.05) is 31.1 Å². The average Bonchev–Trinajstić information content (AvgIpc) is 2.52. The van der Waals surface area contributed by atoms with Gasteiger partial charge >= 0.3 is 0 Å². The zero-order chi connectivity index (χ0) is 17.7. The van der Waals surface area contributed by atoms with E-state index in [0.29, 0.717) is 12.5 Å². The number of halogens is 2. The highest BCUT2D eigenvalue weighted by atomic mass is 19.1. The number of likely N-dealkylation sites (N-methyl/N-ethyl adjacent to an activating group) is 1. The Morgan fingerprint density at radius 3 is 2.21 bits per heavy atom. The Morgan fingerprint density at radius 1 is 1.08 bits per heavy atom. The number of primary amides is 1. The van der Waals surface area contributed by atoms with E-state index in [1.54, 1.807) is 0 Å². The van der Waals surface area contributed by atoms with Crippen molar-refractivity contribution in [3.8, 4) is 0 Å². The molecule has 0 fully saturated rings. The molecule has 24 heavy (non-hydrogen) atoms. The van der Waals surface area contributed by atoms with Crippen LogP contribution < -0.4 is 5.73 Å². The van der Waals surface area contributed by atoms with Gasteiger partial charge in [-0.3, -0.25) is 9.59 Å². The van der Waals surface area contributed by atoms with Gasteiger partial charge in [-0.1, -0.05) is 30.3 Å². The summed E-state index contributed by atoms with van der Waals surface area (Å²) in [5, 5.41) is 0. The lowest BCUT2D eigenvalue weighted by Crippen LogP contribution is -2.41. The molecule has 0 aromatic heterocycles. The second-order valence-corrected chi connectivity index (χ2v) is 5.59. The van der Waals surface area contributed by atoms with Gasteiger partial charge in [0.15, 0.2) is 0 Å². The molecule has 2 aromatic rings. The fourth-order valence-corrected chi connectivity index (χ4v) is 2.51. The van der Waals surface area contributed by atoms with E-state index in [-0.39, 0.29) is 12.0 Å². The third kappa shape index (κ3) is 4.62. The fraction of sp³-hybridized carbons (Fsp3) is 0.222. The number of carbonyl (C=O) groups excluding carboxylic acids is 2. The molecular formula is C18H18F2N2O2. The number of hydrogen-bond donors (Lipinski definition) is 1. The topological polar surface area (TPSA) is 63.4 Å². The van der Waals surface area contributed by atoms with Crippen molar-refractivity contribution in [3.63, 3.8) is 0 Å². The Bertz CT molecular complexity index is 715. The van der Waals surface area contributed by atoms with Crippen LogP contribution in [0, 0.1) is 11.6 Å². The summed E-state index contributed by atoms with van der Waals surface area (Å²) in [6.07, 6.45) is 0.360. The van der Waals surface area contributed by atoms with E-state index in [4.69, 9.17) is 5.73 Å². The molecule has 0 saturated heterocycles. The maximum Gasteiger partial charge on any atom is 0.254 e. The first-order valence-electron chi connectivity index (χ1n) is 7.42. The van der Waals surface area contributed by atoms with E-state index in [2.05, 4.69) is 0 Å². The lowest BCUT2D eigenvalue weighted by atomic mass is 10.0. The lowest BCUT2D eigenvalue weighted by molar-refractivity contribution is -0.118. The summed E-state index contributed by atoms with van der Waals surface area (Å²) in [4.78, 5) is 25.1. The van der Waals surface area contributed by atoms with Gasteiger partial charge in [-0.25, -0.2) is 8.78 Å². The normalized spacial score (nSPS) is 11.8. The molecule has 0 aliphatic carbocycles. The minimum Gasteiger partial charge on any atom is -0.370 e. The van der Waals surface area contributed by atoms with Gasteiger partial charge in [0.1, 0.15) is 11.6 Å². The van der Waals surface area contributed by atoms with Gasteiger partial charge in [-0.05, 0) is 24.1 Å². The van der Waals surface area contributed by atoms with E-state index >= 15 is 0 Å². The summed E-state index contributed by atoms with van der Waals surface area (Å²) in [5.41, 5.74) is 6.09. The molecule has 6 heteroatoms. The van der Waals surface area contributed by atoms with Crippen molar-refractivity contribution in [2.24, 2.45) is 5.73 Å². The first-order valence-corrected chi connectivity index (χ1v) is 7.42. The summed E-state index contributed by atoms with van der Waals surface area (Å²) in [6.45, 7) is 0. The van der Waals surface area contributed by atoms with Gasteiger partial charge in [-0.15, -0.1) is 0 Å². The molecule has 126 valence electrons. The first kappa shape index (κ1) is 17.6. The summed E-state index contributed by atoms with van der Waals surface area (Å²) in [5.74, 6) is -2.79. The number of carbonyl (C=O) groups is 2. The van der Waals surface area contributed by atoms with Crippen LogP contribution in [0.1, 0.15) is 22.3 Å². The molecule has 0 saturated carbocycles. The number of rotatable bonds is 6. The SMILES string of the molecule is CN(C(=O)c1cc(F)cc(F)c1)[C@H](CC(N)=O)Cc1ccccc1. The minimum atomic E-state index is -0.832. The fourth-order valence-electron chi connectivity index (χ4n) is 2.51. The number of benzene rings is 2. The molecule has 0 aliphatic heterocycles. The van der Waals surface area contributed by atoms with Crippen molar-refractivity contribution < 1.29 is 18.4 Å². The molecule has 2 amide bonds. The van der Waals surface area contributed by atoms with Crippen LogP contribution in [0.4, 0.5) is 8.78 Å². The Balaban J connectivity index is 2.24. The van der Waals surface area contributed by atoms with Crippen LogP contribution in [0.15, 0.2) is 48.5 Å². The number of nitrogens with two attached hydrogens (primary N) is 1. The van der Waals surface area contributed by atoms with Gasteiger partial charge in [0.2, 0.25) is 5.91 Å². The van der Waals surface area contributed by atoms with E-state index in [1.807, 2.05) is 30.3 Å². The molecular weight excluding hydrogens is 314 g/mol. The smallest absolute Gasteiger partial charge is 0.254 e. The summed E-state index contributed by atoms with van der Waals surface area (Å²) in [6, 6.07) is 11.4. The predicted molar refractivity (Wildman–Crippen MR) is 86.2 cm³/mol. The van der Waals surface area contributed by atoms with Crippen LogP contribution in [-0.2, 0) is 11.2 Å². The lowest BCUT2D eigenvalue weighted by Gasteiger charge is -2.27. The highest BCUT2D eigenvalue weighted by Crippen LogP contribution is 2.16. The van der Waals surface area contributed by atoms with E-state index < -0.39 is 29.5 Å². The Hall–Kier alpha value is -2.76. The summed E-state index contributed by atoms with van der Waals surface area (Å²) in [7, 11) is 1.49. The zero-order valence-corrected chi connectivity index (χ0v) is 13.2. The quantitative estimate of drug-likeness (QED) is 0.883. The molecule has 2 N–H and O–H groups in total. The number of nitrogens with zero attached hydrogens (tertiary/aromatic N) is 1. The Morgan fingerprint density at radius 2 is 1.67 bits per heavy atom. The summed E-state index contributed by atoms with van der Waals surface area (Å²) >= 11 is 0. The largest absolute Gasteiger partial charge is 0.370 e. The predicted octanol–water partition coefficient (Wildman–Crippen LogP) is 2.52. The molecule has 0 spiro atoms. The standard InChI is InChI=1S/C18H18F2N2O2/c1-22(18(24)13-8-14(19)10-15(20)9-13)16(11-17(21)23)7-12-5-3-2-4-6-12/h2-6,8-10,16H,7,11H2,1H3,(H2,21,23)/t16-/m0/s1. The molecule has 4 nitrogen and oxygen atoms in total. The highest BCUT2D eigenvalue weighted by Gasteiger charge is 2.24. The molecule has 0 radical (unpaired) electrons. The maximum absolute atomic E-state index is 13.3. The van der Waals surface area contributed by atoms with Gasteiger partial charge in [0.25, 0.3) is 5.91 Å². The van der Waals surface area contributed by atoms with Crippen molar-refractivity contribution in [1.82, 2.24) is 4.90 Å². The average molecular weight is 332 g/mol. The van der Waals surface area contributed by atoms with Crippen LogP contribution >= 0.6 is 0 Å². The second kappa shape index (κ2) is 7.68. The van der Waals surface area contributed by atoms with E-state index in [0.717, 1.165) is 17.7 Å². The van der Waals surface area contributed by atoms with Crippen LogP contribution in [0.3, 0.4) is 0 Å². The van der Waals surface area contributed by atoms with Crippen molar-refractivity contribution in [2.45, 2.75) is 18.9 Å². The molecule has 2 rings (SSSR count). The minimum absolute atomic E-state index is 0.0467. The van der Waals surface area contributed by atoms with E-state index in [1.165, 1.54) is 11.9 Å². The maximum atomic E-state index is 13.3. The number of amides is 2. The van der Waals surface area contributed by atoms with Crippen molar-refractivity contribution >= 4 is 11.8 Å². The molecule has 0 aliphatic rings. The molecule has 0 bridgehead atoms. The molecule has 2 aromatic carbocycles. The van der Waals surface area contributed by atoms with Crippen LogP contribution in [0.25, 0.3) is 0 Å². The third-order valence-electron chi connectivity index (χ3n) is 3.73. The Labute approximate surface area is 138 Å². The third-order valence-corrected chi connectivity index (χ3v) is 3.73. The van der Waals surface area contributed by atoms with Crippen LogP contribution in [0.2, 0.25) is 0 Å². The summed E-state index contributed by atoms with van der Waals surface area (Å²) < 4.78 is 26.6. The highest BCUT2D eigenvalue weighted by molar-refractivity contribution is 5.94. The molecule has 0 heterocycles. The Kier molecular flexibility index (Phi) is 5.63. The van der Waals surface area contributed by atoms with E-state index in [9.17, 15) is 18.4 Å². The van der Waals surface area contributed by atoms with Crippen LogP contribution in [0.5, 0.6) is 0 Å². The van der Waals surface area contributed by atoms with Gasteiger partial charge < -0.3 is 10.6 Å². The van der Waals surface area contributed by atoms with Crippen LogP contribution in [-0.4, -0.2) is 29.8 Å². The zero-order valence-electron chi connectivity index (χ0n) is 13.2. The van der Waals surface area contributed by atoms with Gasteiger partial charge in [0.05, 0.1) is 0 Å². The molecule has 0 unspecified atom stereocenters. The van der Waals surface area contributed by atoms with Gasteiger partial charge in [-0.2, -0.15) is 0 Å².